The van der Waals surface area contributed by atoms with Crippen molar-refractivity contribution in [1.82, 2.24) is 25.2 Å². The molecule has 0 radical (unpaired) electrons. The Morgan fingerprint density at radius 1 is 1.50 bits per heavy atom. The highest BCUT2D eigenvalue weighted by molar-refractivity contribution is 4.98. The van der Waals surface area contributed by atoms with E-state index in [9.17, 15) is 0 Å². The molecule has 1 aliphatic rings. The first-order chi connectivity index (χ1) is 9.72. The van der Waals surface area contributed by atoms with E-state index < -0.39 is 0 Å². The van der Waals surface area contributed by atoms with E-state index in [1.54, 1.807) is 4.68 Å². The number of aryl methyl sites for hydroxylation is 1. The second-order valence-corrected chi connectivity index (χ2v) is 5.45. The van der Waals surface area contributed by atoms with Gasteiger partial charge in [-0.25, -0.2) is 0 Å². The van der Waals surface area contributed by atoms with Gasteiger partial charge in [-0.1, -0.05) is 19.1 Å². The van der Waals surface area contributed by atoms with Crippen LogP contribution in [-0.2, 0) is 18.2 Å². The van der Waals surface area contributed by atoms with Crippen molar-refractivity contribution in [2.45, 2.75) is 38.8 Å². The Bertz CT molecular complexity index is 395. The molecule has 0 aromatic carbocycles. The van der Waals surface area contributed by atoms with Gasteiger partial charge in [-0.2, -0.15) is 0 Å². The fourth-order valence-corrected chi connectivity index (χ4v) is 2.64. The highest BCUT2D eigenvalue weighted by Crippen LogP contribution is 2.12. The monoisotopic (exact) mass is 281 g/mol. The van der Waals surface area contributed by atoms with Gasteiger partial charge >= 0.3 is 0 Å². The Labute approximate surface area is 121 Å². The number of rotatable bonds is 7. The minimum Gasteiger partial charge on any atom is -0.374 e. The summed E-state index contributed by atoms with van der Waals surface area (Å²) in [5, 5.41) is 11.8. The van der Waals surface area contributed by atoms with Crippen LogP contribution in [-0.4, -0.2) is 64.8 Å². The summed E-state index contributed by atoms with van der Waals surface area (Å²) >= 11 is 0. The molecule has 1 aliphatic heterocycles. The highest BCUT2D eigenvalue weighted by atomic mass is 16.5. The molecule has 2 rings (SSSR count). The largest absolute Gasteiger partial charge is 0.374 e. The van der Waals surface area contributed by atoms with Crippen molar-refractivity contribution in [3.05, 3.63) is 11.9 Å². The lowest BCUT2D eigenvalue weighted by Gasteiger charge is -2.36. The van der Waals surface area contributed by atoms with Gasteiger partial charge < -0.3 is 10.1 Å². The number of likely N-dealkylation sites (N-methyl/N-ethyl adjacent to an activating group) is 1. The van der Waals surface area contributed by atoms with Crippen LogP contribution >= 0.6 is 0 Å². The van der Waals surface area contributed by atoms with Gasteiger partial charge in [0, 0.05) is 38.8 Å². The molecule has 1 aromatic rings. The van der Waals surface area contributed by atoms with E-state index in [2.05, 4.69) is 34.4 Å². The summed E-state index contributed by atoms with van der Waals surface area (Å²) in [4.78, 5) is 2.45. The molecule has 6 heteroatoms. The summed E-state index contributed by atoms with van der Waals surface area (Å²) in [6, 6.07) is 0.306. The average Bonchev–Trinajstić information content (AvgIpc) is 2.88. The molecular weight excluding hydrogens is 254 g/mol. The quantitative estimate of drug-likeness (QED) is 0.786. The van der Waals surface area contributed by atoms with E-state index in [0.717, 1.165) is 51.3 Å². The van der Waals surface area contributed by atoms with Crippen LogP contribution in [0.4, 0.5) is 0 Å². The topological polar surface area (TPSA) is 55.2 Å². The van der Waals surface area contributed by atoms with E-state index in [1.165, 1.54) is 0 Å². The number of nitrogens with one attached hydrogen (secondary N) is 1. The average molecular weight is 281 g/mol. The lowest BCUT2D eigenvalue weighted by Crippen LogP contribution is -2.53. The number of ether oxygens (including phenoxy) is 1. The van der Waals surface area contributed by atoms with Gasteiger partial charge in [0.05, 0.1) is 18.4 Å². The van der Waals surface area contributed by atoms with Gasteiger partial charge in [0.15, 0.2) is 0 Å². The van der Waals surface area contributed by atoms with E-state index in [-0.39, 0.29) is 6.10 Å². The number of nitrogens with zero attached hydrogens (tertiary/aromatic N) is 4. The SMILES string of the molecule is CCCNC(Cc1cn(C)nn1)C1CN(CC)CCO1. The Morgan fingerprint density at radius 3 is 3.00 bits per heavy atom. The van der Waals surface area contributed by atoms with Crippen LogP contribution in [0.1, 0.15) is 26.0 Å². The number of aromatic nitrogens is 3. The van der Waals surface area contributed by atoms with E-state index >= 15 is 0 Å². The molecule has 0 aliphatic carbocycles. The molecule has 0 bridgehead atoms. The Hall–Kier alpha value is -0.980. The third-order valence-electron chi connectivity index (χ3n) is 3.81. The lowest BCUT2D eigenvalue weighted by molar-refractivity contribution is -0.0448. The van der Waals surface area contributed by atoms with Gasteiger partial charge in [0.2, 0.25) is 0 Å². The van der Waals surface area contributed by atoms with Crippen molar-refractivity contribution in [3.63, 3.8) is 0 Å². The van der Waals surface area contributed by atoms with Crippen molar-refractivity contribution in [2.24, 2.45) is 7.05 Å². The Kier molecular flexibility index (Phi) is 5.94. The fourth-order valence-electron chi connectivity index (χ4n) is 2.64. The molecule has 1 aromatic heterocycles. The second-order valence-electron chi connectivity index (χ2n) is 5.45. The molecule has 6 nitrogen and oxygen atoms in total. The highest BCUT2D eigenvalue weighted by Gasteiger charge is 2.28. The van der Waals surface area contributed by atoms with Crippen molar-refractivity contribution in [2.75, 3.05) is 32.8 Å². The Balaban J connectivity index is 1.98. The normalized spacial score (nSPS) is 22.1. The number of morpholine rings is 1. The van der Waals surface area contributed by atoms with Crippen LogP contribution in [0.5, 0.6) is 0 Å². The molecule has 20 heavy (non-hydrogen) atoms. The molecule has 1 N–H and O–H groups in total. The number of hydrogen-bond acceptors (Lipinski definition) is 5. The first-order valence-corrected chi connectivity index (χ1v) is 7.65. The van der Waals surface area contributed by atoms with E-state index in [0.29, 0.717) is 6.04 Å². The van der Waals surface area contributed by atoms with Gasteiger partial charge in [-0.3, -0.25) is 9.58 Å². The zero-order chi connectivity index (χ0) is 14.4. The molecule has 2 unspecified atom stereocenters. The summed E-state index contributed by atoms with van der Waals surface area (Å²) in [5.74, 6) is 0. The third-order valence-corrected chi connectivity index (χ3v) is 3.81. The fraction of sp³-hybridized carbons (Fsp3) is 0.857. The summed E-state index contributed by atoms with van der Waals surface area (Å²) in [7, 11) is 1.90. The summed E-state index contributed by atoms with van der Waals surface area (Å²) in [5.41, 5.74) is 1.03. The summed E-state index contributed by atoms with van der Waals surface area (Å²) in [6.07, 6.45) is 4.22. The maximum atomic E-state index is 5.99. The zero-order valence-electron chi connectivity index (χ0n) is 12.9. The third kappa shape index (κ3) is 4.26. The van der Waals surface area contributed by atoms with Gasteiger partial charge in [0.25, 0.3) is 0 Å². The van der Waals surface area contributed by atoms with Crippen molar-refractivity contribution in [3.8, 4) is 0 Å². The smallest absolute Gasteiger partial charge is 0.0859 e. The first-order valence-electron chi connectivity index (χ1n) is 7.65. The van der Waals surface area contributed by atoms with Crippen LogP contribution in [0.25, 0.3) is 0 Å². The minimum absolute atomic E-state index is 0.234. The molecular formula is C14H27N5O. The molecule has 2 heterocycles. The predicted octanol–water partition coefficient (Wildman–Crippen LogP) is 0.447. The molecule has 2 atom stereocenters. The number of hydrogen-bond donors (Lipinski definition) is 1. The second kappa shape index (κ2) is 7.71. The van der Waals surface area contributed by atoms with Crippen molar-refractivity contribution >= 4 is 0 Å². The maximum absolute atomic E-state index is 5.99. The Morgan fingerprint density at radius 2 is 2.35 bits per heavy atom. The summed E-state index contributed by atoms with van der Waals surface area (Å²) in [6.45, 7) is 9.36. The van der Waals surface area contributed by atoms with Gasteiger partial charge in [-0.05, 0) is 19.5 Å². The van der Waals surface area contributed by atoms with Crippen LogP contribution in [0.15, 0.2) is 6.20 Å². The molecule has 0 saturated carbocycles. The van der Waals surface area contributed by atoms with Crippen LogP contribution in [0, 0.1) is 0 Å². The van der Waals surface area contributed by atoms with E-state index in [1.807, 2.05) is 13.2 Å². The molecule has 114 valence electrons. The van der Waals surface area contributed by atoms with Gasteiger partial charge in [0.1, 0.15) is 0 Å². The standard InChI is InChI=1S/C14H27N5O/c1-4-6-15-13(9-12-10-18(3)17-16-12)14-11-19(5-2)7-8-20-14/h10,13-15H,4-9,11H2,1-3H3. The van der Waals surface area contributed by atoms with Crippen molar-refractivity contribution < 1.29 is 4.74 Å². The predicted molar refractivity (Wildman–Crippen MR) is 78.6 cm³/mol. The first kappa shape index (κ1) is 15.4. The van der Waals surface area contributed by atoms with Crippen LogP contribution < -0.4 is 5.32 Å². The summed E-state index contributed by atoms with van der Waals surface area (Å²) < 4.78 is 7.75. The lowest BCUT2D eigenvalue weighted by atomic mass is 10.0. The molecule has 1 fully saturated rings. The minimum atomic E-state index is 0.234. The van der Waals surface area contributed by atoms with Crippen LogP contribution in [0.2, 0.25) is 0 Å². The van der Waals surface area contributed by atoms with Crippen LogP contribution in [0.3, 0.4) is 0 Å². The molecule has 0 spiro atoms. The van der Waals surface area contributed by atoms with Gasteiger partial charge in [-0.15, -0.1) is 5.10 Å². The van der Waals surface area contributed by atoms with Crippen molar-refractivity contribution in [1.29, 1.82) is 0 Å². The zero-order valence-corrected chi connectivity index (χ0v) is 12.9. The van der Waals surface area contributed by atoms with E-state index in [4.69, 9.17) is 4.74 Å². The maximum Gasteiger partial charge on any atom is 0.0859 e. The molecule has 0 amide bonds. The molecule has 1 saturated heterocycles.